The van der Waals surface area contributed by atoms with Gasteiger partial charge in [-0.05, 0) is 29.8 Å². The quantitative estimate of drug-likeness (QED) is 0.488. The lowest BCUT2D eigenvalue weighted by molar-refractivity contribution is 0.0601. The number of esters is 1. The molecule has 0 unspecified atom stereocenters. The second-order valence-electron chi connectivity index (χ2n) is 6.27. The highest BCUT2D eigenvalue weighted by atomic mass is 32.1. The first-order valence-corrected chi connectivity index (χ1v) is 9.48. The Bertz CT molecular complexity index is 1170. The number of fused-ring (bicyclic) bond motifs is 3. The Balaban J connectivity index is 1.73. The summed E-state index contributed by atoms with van der Waals surface area (Å²) in [5, 5.41) is 5.37. The van der Waals surface area contributed by atoms with Crippen molar-refractivity contribution in [3.05, 3.63) is 59.8 Å². The van der Waals surface area contributed by atoms with E-state index >= 15 is 0 Å². The van der Waals surface area contributed by atoms with Gasteiger partial charge in [-0.1, -0.05) is 18.2 Å². The van der Waals surface area contributed by atoms with Crippen molar-refractivity contribution in [1.29, 1.82) is 0 Å². The third-order valence-corrected chi connectivity index (χ3v) is 5.76. The highest BCUT2D eigenvalue weighted by Crippen LogP contribution is 2.40. The minimum atomic E-state index is -0.358. The SMILES string of the molecule is COC(=O)c1ccc2c(c1)sc1c(N)cnc(NCc3ccc(OC)cc3)c12. The van der Waals surface area contributed by atoms with Crippen molar-refractivity contribution in [2.75, 3.05) is 25.3 Å². The Hall–Kier alpha value is -3.32. The molecule has 4 aromatic rings. The van der Waals surface area contributed by atoms with E-state index in [-0.39, 0.29) is 5.97 Å². The number of ether oxygens (including phenoxy) is 2. The molecule has 0 atom stereocenters. The van der Waals surface area contributed by atoms with Crippen LogP contribution in [-0.2, 0) is 11.3 Å². The molecule has 0 saturated carbocycles. The van der Waals surface area contributed by atoms with Gasteiger partial charge in [-0.2, -0.15) is 0 Å². The van der Waals surface area contributed by atoms with Crippen LogP contribution in [0.2, 0.25) is 0 Å². The molecule has 0 aliphatic heterocycles. The molecule has 0 saturated heterocycles. The molecular formula is C21H19N3O3S. The average Bonchev–Trinajstić information content (AvgIpc) is 3.13. The highest BCUT2D eigenvalue weighted by molar-refractivity contribution is 7.26. The monoisotopic (exact) mass is 393 g/mol. The number of pyridine rings is 1. The summed E-state index contributed by atoms with van der Waals surface area (Å²) < 4.78 is 11.9. The lowest BCUT2D eigenvalue weighted by atomic mass is 10.1. The predicted molar refractivity (Wildman–Crippen MR) is 113 cm³/mol. The van der Waals surface area contributed by atoms with Gasteiger partial charge in [0, 0.05) is 22.0 Å². The molecule has 4 rings (SSSR count). The van der Waals surface area contributed by atoms with Gasteiger partial charge in [0.1, 0.15) is 11.6 Å². The number of rotatable bonds is 5. The van der Waals surface area contributed by atoms with Crippen molar-refractivity contribution in [2.45, 2.75) is 6.54 Å². The fraction of sp³-hybridized carbons (Fsp3) is 0.143. The van der Waals surface area contributed by atoms with Crippen LogP contribution >= 0.6 is 11.3 Å². The summed E-state index contributed by atoms with van der Waals surface area (Å²) in [5.41, 5.74) is 8.41. The summed E-state index contributed by atoms with van der Waals surface area (Å²) in [6.45, 7) is 0.619. The Morgan fingerprint density at radius 2 is 1.96 bits per heavy atom. The number of nitrogens with zero attached hydrogens (tertiary/aromatic N) is 1. The molecular weight excluding hydrogens is 374 g/mol. The zero-order chi connectivity index (χ0) is 19.7. The first-order chi connectivity index (χ1) is 13.6. The van der Waals surface area contributed by atoms with E-state index in [1.54, 1.807) is 30.7 Å². The maximum absolute atomic E-state index is 11.8. The van der Waals surface area contributed by atoms with Crippen molar-refractivity contribution < 1.29 is 14.3 Å². The van der Waals surface area contributed by atoms with E-state index in [4.69, 9.17) is 15.2 Å². The Morgan fingerprint density at radius 1 is 1.18 bits per heavy atom. The standard InChI is InChI=1S/C21H19N3O3S/c1-26-14-6-3-12(4-7-14)10-23-20-18-15-8-5-13(21(25)27-2)9-17(15)28-19(18)16(22)11-24-20/h3-9,11H,10,22H2,1-2H3,(H,23,24). The van der Waals surface area contributed by atoms with Gasteiger partial charge in [0.05, 0.1) is 36.4 Å². The third kappa shape index (κ3) is 3.20. The zero-order valence-electron chi connectivity index (χ0n) is 15.5. The van der Waals surface area contributed by atoms with Crippen molar-refractivity contribution in [2.24, 2.45) is 0 Å². The van der Waals surface area contributed by atoms with E-state index in [0.29, 0.717) is 17.8 Å². The van der Waals surface area contributed by atoms with Crippen LogP contribution in [0.4, 0.5) is 11.5 Å². The lowest BCUT2D eigenvalue weighted by Crippen LogP contribution is -2.02. The number of nitrogen functional groups attached to an aromatic ring is 1. The molecule has 6 nitrogen and oxygen atoms in total. The first kappa shape index (κ1) is 18.1. The number of benzene rings is 2. The summed E-state index contributed by atoms with van der Waals surface area (Å²) in [6, 6.07) is 13.4. The summed E-state index contributed by atoms with van der Waals surface area (Å²) in [7, 11) is 3.02. The van der Waals surface area contributed by atoms with E-state index in [9.17, 15) is 4.79 Å². The number of hydrogen-bond acceptors (Lipinski definition) is 7. The second kappa shape index (κ2) is 7.36. The fourth-order valence-corrected chi connectivity index (χ4v) is 4.27. The van der Waals surface area contributed by atoms with E-state index < -0.39 is 0 Å². The molecule has 2 aromatic heterocycles. The molecule has 0 spiro atoms. The number of thiophene rings is 1. The van der Waals surface area contributed by atoms with Gasteiger partial charge >= 0.3 is 5.97 Å². The maximum atomic E-state index is 11.8. The van der Waals surface area contributed by atoms with Crippen molar-refractivity contribution >= 4 is 49.0 Å². The van der Waals surface area contributed by atoms with E-state index in [2.05, 4.69) is 10.3 Å². The smallest absolute Gasteiger partial charge is 0.337 e. The molecule has 2 aromatic carbocycles. The number of anilines is 2. The van der Waals surface area contributed by atoms with Gasteiger partial charge in [0.25, 0.3) is 0 Å². The first-order valence-electron chi connectivity index (χ1n) is 8.66. The minimum Gasteiger partial charge on any atom is -0.497 e. The molecule has 0 amide bonds. The van der Waals surface area contributed by atoms with Gasteiger partial charge in [-0.3, -0.25) is 0 Å². The number of carbonyl (C=O) groups is 1. The van der Waals surface area contributed by atoms with Gasteiger partial charge in [0.15, 0.2) is 0 Å². The number of aromatic nitrogens is 1. The zero-order valence-corrected chi connectivity index (χ0v) is 16.3. The third-order valence-electron chi connectivity index (χ3n) is 4.56. The van der Waals surface area contributed by atoms with Crippen LogP contribution in [0.3, 0.4) is 0 Å². The highest BCUT2D eigenvalue weighted by Gasteiger charge is 2.15. The van der Waals surface area contributed by atoms with E-state index in [0.717, 1.165) is 37.3 Å². The van der Waals surface area contributed by atoms with Crippen LogP contribution in [0, 0.1) is 0 Å². The molecule has 7 heteroatoms. The normalized spacial score (nSPS) is 10.9. The molecule has 2 heterocycles. The van der Waals surface area contributed by atoms with E-state index in [1.165, 1.54) is 7.11 Å². The van der Waals surface area contributed by atoms with Gasteiger partial charge in [-0.25, -0.2) is 9.78 Å². The van der Waals surface area contributed by atoms with Crippen LogP contribution in [-0.4, -0.2) is 25.2 Å². The van der Waals surface area contributed by atoms with Gasteiger partial charge in [-0.15, -0.1) is 11.3 Å². The van der Waals surface area contributed by atoms with Crippen LogP contribution in [0.25, 0.3) is 20.2 Å². The van der Waals surface area contributed by atoms with Crippen molar-refractivity contribution in [1.82, 2.24) is 4.98 Å². The average molecular weight is 393 g/mol. The summed E-state index contributed by atoms with van der Waals surface area (Å²) in [4.78, 5) is 16.3. The number of methoxy groups -OCH3 is 2. The molecule has 0 fully saturated rings. The maximum Gasteiger partial charge on any atom is 0.337 e. The van der Waals surface area contributed by atoms with Crippen LogP contribution in [0.1, 0.15) is 15.9 Å². The molecule has 142 valence electrons. The number of nitrogens with two attached hydrogens (primary N) is 1. The summed E-state index contributed by atoms with van der Waals surface area (Å²) in [5.74, 6) is 1.22. The molecule has 28 heavy (non-hydrogen) atoms. The van der Waals surface area contributed by atoms with E-state index in [1.807, 2.05) is 36.4 Å². The number of hydrogen-bond donors (Lipinski definition) is 2. The van der Waals surface area contributed by atoms with Gasteiger partial charge < -0.3 is 20.5 Å². The molecule has 3 N–H and O–H groups in total. The molecule has 0 aliphatic rings. The largest absolute Gasteiger partial charge is 0.497 e. The lowest BCUT2D eigenvalue weighted by Gasteiger charge is -2.09. The number of nitrogens with one attached hydrogen (secondary N) is 1. The second-order valence-corrected chi connectivity index (χ2v) is 7.32. The number of carbonyl (C=O) groups excluding carboxylic acids is 1. The summed E-state index contributed by atoms with van der Waals surface area (Å²) in [6.07, 6.45) is 1.66. The van der Waals surface area contributed by atoms with Crippen molar-refractivity contribution in [3.63, 3.8) is 0 Å². The Labute approximate surface area is 165 Å². The van der Waals surface area contributed by atoms with Crippen LogP contribution < -0.4 is 15.8 Å². The summed E-state index contributed by atoms with van der Waals surface area (Å²) >= 11 is 1.54. The van der Waals surface area contributed by atoms with Crippen molar-refractivity contribution in [3.8, 4) is 5.75 Å². The predicted octanol–water partition coefficient (Wildman–Crippen LogP) is 4.44. The van der Waals surface area contributed by atoms with Gasteiger partial charge in [0.2, 0.25) is 0 Å². The Morgan fingerprint density at radius 3 is 2.68 bits per heavy atom. The topological polar surface area (TPSA) is 86.5 Å². The fourth-order valence-electron chi connectivity index (χ4n) is 3.10. The van der Waals surface area contributed by atoms with Crippen LogP contribution in [0.5, 0.6) is 5.75 Å². The molecule has 0 aliphatic carbocycles. The van der Waals surface area contributed by atoms with Crippen LogP contribution in [0.15, 0.2) is 48.7 Å². The minimum absolute atomic E-state index is 0.358. The Kier molecular flexibility index (Phi) is 4.75. The molecule has 0 bridgehead atoms. The molecule has 0 radical (unpaired) electrons.